The van der Waals surface area contributed by atoms with Gasteiger partial charge in [0.15, 0.2) is 0 Å². The van der Waals surface area contributed by atoms with E-state index in [1.54, 1.807) is 14.2 Å². The summed E-state index contributed by atoms with van der Waals surface area (Å²) in [6, 6.07) is 6.06. The van der Waals surface area contributed by atoms with E-state index in [1.165, 1.54) is 25.7 Å². The zero-order valence-corrected chi connectivity index (χ0v) is 13.8. The third kappa shape index (κ3) is 5.56. The zero-order valence-electron chi connectivity index (χ0n) is 13.8. The topological polar surface area (TPSA) is 56.5 Å². The smallest absolute Gasteiger partial charge is 0.122 e. The summed E-state index contributed by atoms with van der Waals surface area (Å²) in [6.45, 7) is 4.48. The largest absolute Gasteiger partial charge is 0.497 e. The lowest BCUT2D eigenvalue weighted by Crippen LogP contribution is -2.29. The second-order valence-electron chi connectivity index (χ2n) is 5.52. The molecule has 1 aromatic carbocycles. The van der Waals surface area contributed by atoms with Crippen molar-refractivity contribution in [1.29, 1.82) is 0 Å². The molecule has 0 spiro atoms. The van der Waals surface area contributed by atoms with Gasteiger partial charge < -0.3 is 9.47 Å². The van der Waals surface area contributed by atoms with Crippen molar-refractivity contribution < 1.29 is 9.47 Å². The molecule has 0 heterocycles. The number of rotatable bonds is 10. The lowest BCUT2D eigenvalue weighted by Gasteiger charge is -2.23. The summed E-state index contributed by atoms with van der Waals surface area (Å²) < 4.78 is 10.7. The van der Waals surface area contributed by atoms with Crippen LogP contribution in [-0.2, 0) is 0 Å². The minimum atomic E-state index is 0.121. The van der Waals surface area contributed by atoms with Gasteiger partial charge in [0.2, 0.25) is 0 Å². The highest BCUT2D eigenvalue weighted by Crippen LogP contribution is 2.31. The van der Waals surface area contributed by atoms with Crippen molar-refractivity contribution in [3.05, 3.63) is 23.8 Å². The number of methoxy groups -OCH3 is 2. The van der Waals surface area contributed by atoms with Crippen LogP contribution in [0.25, 0.3) is 0 Å². The van der Waals surface area contributed by atoms with Gasteiger partial charge in [0.1, 0.15) is 11.5 Å². The predicted octanol–water partition coefficient (Wildman–Crippen LogP) is 3.81. The fourth-order valence-electron chi connectivity index (χ4n) is 2.65. The Morgan fingerprint density at radius 3 is 2.14 bits per heavy atom. The minimum absolute atomic E-state index is 0.121. The second kappa shape index (κ2) is 9.64. The molecule has 4 nitrogen and oxygen atoms in total. The summed E-state index contributed by atoms with van der Waals surface area (Å²) in [7, 11) is 3.33. The summed E-state index contributed by atoms with van der Waals surface area (Å²) >= 11 is 0. The Hall–Kier alpha value is -1.26. The van der Waals surface area contributed by atoms with Crippen molar-refractivity contribution in [3.63, 3.8) is 0 Å². The number of benzene rings is 1. The van der Waals surface area contributed by atoms with Crippen molar-refractivity contribution in [2.45, 2.75) is 52.0 Å². The van der Waals surface area contributed by atoms with E-state index in [9.17, 15) is 0 Å². The average molecular weight is 294 g/mol. The van der Waals surface area contributed by atoms with Crippen LogP contribution < -0.4 is 20.7 Å². The Kier molecular flexibility index (Phi) is 8.16. The van der Waals surface area contributed by atoms with E-state index in [0.717, 1.165) is 23.5 Å². The molecule has 3 N–H and O–H groups in total. The predicted molar refractivity (Wildman–Crippen MR) is 87.5 cm³/mol. The monoisotopic (exact) mass is 294 g/mol. The quantitative estimate of drug-likeness (QED) is 0.509. The molecule has 0 saturated heterocycles. The molecule has 0 aliphatic carbocycles. The number of ether oxygens (including phenoxy) is 2. The van der Waals surface area contributed by atoms with Crippen LogP contribution in [0.15, 0.2) is 18.2 Å². The minimum Gasteiger partial charge on any atom is -0.497 e. The van der Waals surface area contributed by atoms with E-state index < -0.39 is 0 Å². The van der Waals surface area contributed by atoms with E-state index in [4.69, 9.17) is 15.3 Å². The van der Waals surface area contributed by atoms with Gasteiger partial charge in [0.25, 0.3) is 0 Å². The number of unbranched alkanes of at least 4 members (excludes halogenated alkanes) is 1. The number of nitrogens with two attached hydrogens (primary N) is 1. The Morgan fingerprint density at radius 2 is 1.71 bits per heavy atom. The molecule has 0 aromatic heterocycles. The number of hydrogen-bond acceptors (Lipinski definition) is 4. The van der Waals surface area contributed by atoms with Crippen LogP contribution >= 0.6 is 0 Å². The van der Waals surface area contributed by atoms with Crippen LogP contribution in [0.3, 0.4) is 0 Å². The molecule has 0 bridgehead atoms. The number of hydrogen-bond donors (Lipinski definition) is 2. The Labute approximate surface area is 129 Å². The van der Waals surface area contributed by atoms with Gasteiger partial charge in [-0.05, 0) is 30.0 Å². The van der Waals surface area contributed by atoms with Crippen molar-refractivity contribution in [3.8, 4) is 11.5 Å². The van der Waals surface area contributed by atoms with Gasteiger partial charge in [-0.15, -0.1) is 0 Å². The molecule has 4 heteroatoms. The van der Waals surface area contributed by atoms with Gasteiger partial charge in [0.05, 0.1) is 14.2 Å². The number of hydrazine groups is 1. The van der Waals surface area contributed by atoms with E-state index in [-0.39, 0.29) is 6.04 Å². The van der Waals surface area contributed by atoms with E-state index >= 15 is 0 Å². The number of nitrogens with one attached hydrogen (secondary N) is 1. The standard InChI is InChI=1S/C17H30N2O2/c1-5-7-8-13(6-2)9-17(19-18)14-10-15(20-3)12-16(11-14)21-4/h10-13,17,19H,5-9,18H2,1-4H3. The molecular weight excluding hydrogens is 264 g/mol. The van der Waals surface area contributed by atoms with Gasteiger partial charge >= 0.3 is 0 Å². The Balaban J connectivity index is 2.87. The highest BCUT2D eigenvalue weighted by molar-refractivity contribution is 5.39. The molecule has 0 aliphatic rings. The third-order valence-corrected chi connectivity index (χ3v) is 4.09. The average Bonchev–Trinajstić information content (AvgIpc) is 2.54. The van der Waals surface area contributed by atoms with Gasteiger partial charge in [-0.3, -0.25) is 11.3 Å². The van der Waals surface area contributed by atoms with E-state index in [2.05, 4.69) is 19.3 Å². The summed E-state index contributed by atoms with van der Waals surface area (Å²) in [6.07, 6.45) is 5.98. The normalized spacial score (nSPS) is 13.8. The first-order valence-electron chi connectivity index (χ1n) is 7.87. The maximum absolute atomic E-state index is 5.79. The van der Waals surface area contributed by atoms with Gasteiger partial charge in [-0.2, -0.15) is 0 Å². The molecule has 0 saturated carbocycles. The molecule has 0 fully saturated rings. The first-order valence-corrected chi connectivity index (χ1v) is 7.87. The third-order valence-electron chi connectivity index (χ3n) is 4.09. The fraction of sp³-hybridized carbons (Fsp3) is 0.647. The summed E-state index contributed by atoms with van der Waals surface area (Å²) in [4.78, 5) is 0. The fourth-order valence-corrected chi connectivity index (χ4v) is 2.65. The SMILES string of the molecule is CCCCC(CC)CC(NN)c1cc(OC)cc(OC)c1. The van der Waals surface area contributed by atoms with Crippen molar-refractivity contribution in [1.82, 2.24) is 5.43 Å². The molecule has 2 atom stereocenters. The lowest BCUT2D eigenvalue weighted by molar-refractivity contribution is 0.352. The van der Waals surface area contributed by atoms with Crippen LogP contribution in [0.2, 0.25) is 0 Å². The maximum Gasteiger partial charge on any atom is 0.122 e. The lowest BCUT2D eigenvalue weighted by atomic mass is 9.89. The van der Waals surface area contributed by atoms with E-state index in [0.29, 0.717) is 5.92 Å². The zero-order chi connectivity index (χ0) is 15.7. The van der Waals surface area contributed by atoms with Crippen LogP contribution in [0.4, 0.5) is 0 Å². The second-order valence-corrected chi connectivity index (χ2v) is 5.52. The molecule has 0 amide bonds. The molecular formula is C17H30N2O2. The van der Waals surface area contributed by atoms with Crippen LogP contribution in [0.5, 0.6) is 11.5 Å². The van der Waals surface area contributed by atoms with Crippen LogP contribution in [0, 0.1) is 5.92 Å². The van der Waals surface area contributed by atoms with Gasteiger partial charge in [-0.1, -0.05) is 39.5 Å². The van der Waals surface area contributed by atoms with E-state index in [1.807, 2.05) is 18.2 Å². The first kappa shape index (κ1) is 17.8. The molecule has 0 aliphatic heterocycles. The summed E-state index contributed by atoms with van der Waals surface area (Å²) in [5.41, 5.74) is 4.07. The highest BCUT2D eigenvalue weighted by atomic mass is 16.5. The highest BCUT2D eigenvalue weighted by Gasteiger charge is 2.17. The van der Waals surface area contributed by atoms with Gasteiger partial charge in [-0.25, -0.2) is 0 Å². The maximum atomic E-state index is 5.79. The van der Waals surface area contributed by atoms with Crippen molar-refractivity contribution in [2.24, 2.45) is 11.8 Å². The molecule has 120 valence electrons. The molecule has 1 aromatic rings. The Morgan fingerprint density at radius 1 is 1.10 bits per heavy atom. The van der Waals surface area contributed by atoms with Gasteiger partial charge in [0, 0.05) is 12.1 Å². The molecule has 21 heavy (non-hydrogen) atoms. The summed E-state index contributed by atoms with van der Waals surface area (Å²) in [5.74, 6) is 8.07. The van der Waals surface area contributed by atoms with Crippen LogP contribution in [-0.4, -0.2) is 14.2 Å². The Bertz CT molecular complexity index is 388. The molecule has 2 unspecified atom stereocenters. The van der Waals surface area contributed by atoms with Crippen LogP contribution in [0.1, 0.15) is 57.6 Å². The van der Waals surface area contributed by atoms with Crippen molar-refractivity contribution in [2.75, 3.05) is 14.2 Å². The first-order chi connectivity index (χ1) is 10.2. The molecule has 1 rings (SSSR count). The summed E-state index contributed by atoms with van der Waals surface area (Å²) in [5, 5.41) is 0. The van der Waals surface area contributed by atoms with Crippen molar-refractivity contribution >= 4 is 0 Å². The molecule has 0 radical (unpaired) electrons.